The van der Waals surface area contributed by atoms with Gasteiger partial charge in [0.2, 0.25) is 5.95 Å². The van der Waals surface area contributed by atoms with Gasteiger partial charge in [-0.25, -0.2) is 18.9 Å². The molecule has 4 aromatic heterocycles. The van der Waals surface area contributed by atoms with Gasteiger partial charge in [-0.2, -0.15) is 18.2 Å². The van der Waals surface area contributed by atoms with Crippen molar-refractivity contribution in [2.45, 2.75) is 38.3 Å². The lowest BCUT2D eigenvalue weighted by molar-refractivity contribution is -0.140. The SMILES string of the molecule is CNc1nc(N)nn2ccc(-c3ccc4nc(C)n(CC(F)(F)F)c4n3)c12.F[C@@H]1CCN(C2COC2)C1. The molecule has 0 radical (unpaired) electrons. The number of likely N-dealkylation sites (tertiary alicyclic amines) is 1. The van der Waals surface area contributed by atoms with E-state index >= 15 is 0 Å². The molecule has 6 heterocycles. The van der Waals surface area contributed by atoms with Crippen molar-refractivity contribution in [1.29, 1.82) is 0 Å². The van der Waals surface area contributed by atoms with E-state index in [0.717, 1.165) is 30.7 Å². The Labute approximate surface area is 209 Å². The average Bonchev–Trinajstić information content (AvgIpc) is 3.49. The number of aryl methyl sites for hydroxylation is 1. The van der Waals surface area contributed by atoms with Crippen molar-refractivity contribution in [2.24, 2.45) is 0 Å². The molecule has 37 heavy (non-hydrogen) atoms. The molecule has 0 spiro atoms. The number of aromatic nitrogens is 6. The molecule has 0 amide bonds. The maximum Gasteiger partial charge on any atom is 0.406 e. The molecule has 2 aliphatic heterocycles. The zero-order valence-corrected chi connectivity index (χ0v) is 20.3. The highest BCUT2D eigenvalue weighted by Crippen LogP contribution is 2.31. The van der Waals surface area contributed by atoms with Crippen LogP contribution < -0.4 is 11.1 Å². The topological polar surface area (TPSA) is 111 Å². The van der Waals surface area contributed by atoms with Gasteiger partial charge >= 0.3 is 6.18 Å². The van der Waals surface area contributed by atoms with E-state index in [0.29, 0.717) is 40.7 Å². The highest BCUT2D eigenvalue weighted by molar-refractivity contribution is 5.89. The van der Waals surface area contributed by atoms with Crippen molar-refractivity contribution in [1.82, 2.24) is 34.0 Å². The Kier molecular flexibility index (Phi) is 6.62. The second kappa shape index (κ2) is 9.74. The Morgan fingerprint density at radius 2 is 1.95 bits per heavy atom. The number of nitrogens with one attached hydrogen (secondary N) is 1. The number of ether oxygens (including phenoxy) is 1. The van der Waals surface area contributed by atoms with Crippen molar-refractivity contribution in [3.05, 3.63) is 30.2 Å². The molecule has 0 aliphatic carbocycles. The van der Waals surface area contributed by atoms with Gasteiger partial charge in [0.15, 0.2) is 11.5 Å². The number of anilines is 2. The Bertz CT molecular complexity index is 1410. The summed E-state index contributed by atoms with van der Waals surface area (Å²) >= 11 is 0. The molecule has 14 heteroatoms. The van der Waals surface area contributed by atoms with E-state index in [1.54, 1.807) is 36.0 Å². The van der Waals surface area contributed by atoms with Crippen molar-refractivity contribution in [2.75, 3.05) is 44.4 Å². The first-order valence-corrected chi connectivity index (χ1v) is 11.8. The number of nitrogens with zero attached hydrogens (tertiary/aromatic N) is 7. The van der Waals surface area contributed by atoms with E-state index in [1.807, 2.05) is 0 Å². The van der Waals surface area contributed by atoms with Gasteiger partial charge in [-0.3, -0.25) is 4.90 Å². The summed E-state index contributed by atoms with van der Waals surface area (Å²) in [6, 6.07) is 5.65. The van der Waals surface area contributed by atoms with Gasteiger partial charge in [0.05, 0.1) is 24.9 Å². The number of halogens is 4. The molecule has 10 nitrogen and oxygen atoms in total. The smallest absolute Gasteiger partial charge is 0.378 e. The van der Waals surface area contributed by atoms with Crippen molar-refractivity contribution in [3.8, 4) is 11.3 Å². The first-order valence-electron chi connectivity index (χ1n) is 11.8. The van der Waals surface area contributed by atoms with Gasteiger partial charge in [-0.1, -0.05) is 0 Å². The van der Waals surface area contributed by atoms with Crippen LogP contribution in [0.1, 0.15) is 12.2 Å². The monoisotopic (exact) mass is 521 g/mol. The normalized spacial score (nSPS) is 18.7. The quantitative estimate of drug-likeness (QED) is 0.394. The maximum absolute atomic E-state index is 12.9. The minimum atomic E-state index is -4.37. The summed E-state index contributed by atoms with van der Waals surface area (Å²) in [7, 11) is 1.69. The van der Waals surface area contributed by atoms with Crippen LogP contribution in [-0.2, 0) is 11.3 Å². The fraction of sp³-hybridized carbons (Fsp3) is 0.478. The maximum atomic E-state index is 12.9. The number of hydrogen-bond acceptors (Lipinski definition) is 8. The number of pyridine rings is 1. The lowest BCUT2D eigenvalue weighted by atomic mass is 10.2. The van der Waals surface area contributed by atoms with Gasteiger partial charge in [-0.05, 0) is 31.5 Å². The number of nitrogen functional groups attached to an aromatic ring is 1. The molecular weight excluding hydrogens is 494 g/mol. The van der Waals surface area contributed by atoms with Crippen LogP contribution in [0.15, 0.2) is 24.4 Å². The number of alkyl halides is 4. The molecule has 0 bridgehead atoms. The molecule has 4 aromatic rings. The van der Waals surface area contributed by atoms with E-state index in [4.69, 9.17) is 10.5 Å². The molecule has 2 fully saturated rings. The van der Waals surface area contributed by atoms with E-state index in [-0.39, 0.29) is 17.4 Å². The second-order valence-electron chi connectivity index (χ2n) is 9.06. The Balaban J connectivity index is 0.000000233. The first-order chi connectivity index (χ1) is 17.6. The molecule has 1 atom stereocenters. The number of nitrogens with two attached hydrogens (primary N) is 1. The molecule has 2 aliphatic rings. The highest BCUT2D eigenvalue weighted by Gasteiger charge is 2.32. The van der Waals surface area contributed by atoms with E-state index < -0.39 is 18.9 Å². The summed E-state index contributed by atoms with van der Waals surface area (Å²) in [5.41, 5.74) is 8.03. The predicted octanol–water partition coefficient (Wildman–Crippen LogP) is 3.06. The average molecular weight is 522 g/mol. The fourth-order valence-electron chi connectivity index (χ4n) is 4.56. The number of rotatable bonds is 4. The second-order valence-corrected chi connectivity index (χ2v) is 9.06. The summed E-state index contributed by atoms with van der Waals surface area (Å²) < 4.78 is 59.0. The van der Waals surface area contributed by atoms with Crippen LogP contribution in [0, 0.1) is 6.92 Å². The van der Waals surface area contributed by atoms with Gasteiger partial charge in [0, 0.05) is 31.9 Å². The van der Waals surface area contributed by atoms with Crippen LogP contribution in [0.4, 0.5) is 29.3 Å². The molecule has 0 aromatic carbocycles. The third-order valence-electron chi connectivity index (χ3n) is 6.46. The minimum absolute atomic E-state index is 0.0938. The summed E-state index contributed by atoms with van der Waals surface area (Å²) in [6.45, 7) is 3.56. The standard InChI is InChI=1S/C16H15F3N8.C7H12FNO/c1-8-22-11-4-3-10(23-14(11)26(8)7-16(17,18)19)9-5-6-27-12(9)13(21-2)24-15(20)25-27;8-6-1-2-9(3-6)7-4-10-5-7/h3-6H,7H2,1-2H3,(H3,20,21,24,25);6-7H,1-5H2/t;6-/m.1/s1. The molecule has 6 rings (SSSR count). The zero-order chi connectivity index (χ0) is 26.3. The summed E-state index contributed by atoms with van der Waals surface area (Å²) in [4.78, 5) is 15.0. The van der Waals surface area contributed by atoms with Crippen LogP contribution in [0.3, 0.4) is 0 Å². The molecule has 2 saturated heterocycles. The summed E-state index contributed by atoms with van der Waals surface area (Å²) in [5, 5.41) is 7.06. The van der Waals surface area contributed by atoms with E-state index in [9.17, 15) is 17.6 Å². The van der Waals surface area contributed by atoms with Crippen molar-refractivity contribution >= 4 is 28.4 Å². The lowest BCUT2D eigenvalue weighted by Gasteiger charge is -2.34. The summed E-state index contributed by atoms with van der Waals surface area (Å²) in [5.74, 6) is 0.835. The van der Waals surface area contributed by atoms with Crippen LogP contribution in [0.5, 0.6) is 0 Å². The first kappa shape index (κ1) is 25.1. The highest BCUT2D eigenvalue weighted by atomic mass is 19.4. The van der Waals surface area contributed by atoms with Crippen LogP contribution in [-0.4, -0.2) is 85.8 Å². The van der Waals surface area contributed by atoms with Crippen LogP contribution >= 0.6 is 0 Å². The Hall–Kier alpha value is -3.52. The summed E-state index contributed by atoms with van der Waals surface area (Å²) in [6.07, 6.45) is -2.55. The molecule has 198 valence electrons. The van der Waals surface area contributed by atoms with Crippen molar-refractivity contribution < 1.29 is 22.3 Å². The van der Waals surface area contributed by atoms with Gasteiger partial charge in [0.25, 0.3) is 0 Å². The largest absolute Gasteiger partial charge is 0.406 e. The van der Waals surface area contributed by atoms with E-state index in [1.165, 1.54) is 6.92 Å². The molecule has 0 saturated carbocycles. The fourth-order valence-corrected chi connectivity index (χ4v) is 4.56. The van der Waals surface area contributed by atoms with Crippen molar-refractivity contribution in [3.63, 3.8) is 0 Å². The van der Waals surface area contributed by atoms with Gasteiger partial charge < -0.3 is 20.4 Å². The Morgan fingerprint density at radius 1 is 1.16 bits per heavy atom. The number of hydrogen-bond donors (Lipinski definition) is 2. The third-order valence-corrected chi connectivity index (χ3v) is 6.46. The van der Waals surface area contributed by atoms with Gasteiger partial charge in [0.1, 0.15) is 29.6 Å². The number of imidazole rings is 1. The molecule has 0 unspecified atom stereocenters. The molecule has 3 N–H and O–H groups in total. The zero-order valence-electron chi connectivity index (χ0n) is 20.3. The minimum Gasteiger partial charge on any atom is -0.378 e. The lowest BCUT2D eigenvalue weighted by Crippen LogP contribution is -2.47. The Morgan fingerprint density at radius 3 is 2.57 bits per heavy atom. The van der Waals surface area contributed by atoms with Crippen LogP contribution in [0.25, 0.3) is 27.9 Å². The van der Waals surface area contributed by atoms with Gasteiger partial charge in [-0.15, -0.1) is 5.10 Å². The molecular formula is C23H27F4N9O. The van der Waals surface area contributed by atoms with E-state index in [2.05, 4.69) is 30.3 Å². The number of fused-ring (bicyclic) bond motifs is 2. The van der Waals surface area contributed by atoms with Crippen LogP contribution in [0.2, 0.25) is 0 Å². The predicted molar refractivity (Wildman–Crippen MR) is 130 cm³/mol. The third kappa shape index (κ3) is 5.16.